The van der Waals surface area contributed by atoms with E-state index >= 15 is 0 Å². The molecule has 2 rings (SSSR count). The molecule has 94 valence electrons. The van der Waals surface area contributed by atoms with E-state index < -0.39 is 0 Å². The summed E-state index contributed by atoms with van der Waals surface area (Å²) in [5.74, 6) is 2.06. The predicted molar refractivity (Wildman–Crippen MR) is 67.4 cm³/mol. The van der Waals surface area contributed by atoms with Crippen molar-refractivity contribution in [1.29, 1.82) is 0 Å². The van der Waals surface area contributed by atoms with Gasteiger partial charge in [-0.2, -0.15) is 0 Å². The Morgan fingerprint density at radius 3 is 2.75 bits per heavy atom. The van der Waals surface area contributed by atoms with Crippen molar-refractivity contribution >= 4 is 0 Å². The summed E-state index contributed by atoms with van der Waals surface area (Å²) in [6.07, 6.45) is 16.9. The Morgan fingerprint density at radius 2 is 2.00 bits per heavy atom. The number of hydrogen-bond acceptors (Lipinski definition) is 0. The predicted octanol–water partition coefficient (Wildman–Crippen LogP) is 1.40. The topological polar surface area (TPSA) is 0 Å². The van der Waals surface area contributed by atoms with E-state index in [0.717, 1.165) is 11.8 Å². The van der Waals surface area contributed by atoms with Crippen LogP contribution in [0.5, 0.6) is 0 Å². The molecule has 0 amide bonds. The molecule has 1 heteroatoms. The van der Waals surface area contributed by atoms with Crippen LogP contribution in [0, 0.1) is 11.8 Å². The maximum atomic E-state index is 2.57. The van der Waals surface area contributed by atoms with E-state index in [1.165, 1.54) is 42.4 Å². The van der Waals surface area contributed by atoms with Crippen LogP contribution in [-0.2, 0) is 0 Å². The molecule has 0 spiro atoms. The van der Waals surface area contributed by atoms with Crippen LogP contribution in [0.4, 0.5) is 0 Å². The summed E-state index contributed by atoms with van der Waals surface area (Å²) < 4.78 is 2.73. The molecule has 0 N–H and O–H groups in total. The van der Waals surface area contributed by atoms with E-state index in [0.29, 0.717) is 21.2 Å². The Bertz CT molecular complexity index is 221. The SMILES string of the molecule is CCC[I-]C1CCCCC1C1C=CCCC1. The zero-order chi connectivity index (χ0) is 11.2. The second-order valence-electron chi connectivity index (χ2n) is 5.33. The van der Waals surface area contributed by atoms with Crippen LogP contribution in [0.15, 0.2) is 12.2 Å². The Kier molecular flexibility index (Phi) is 5.67. The molecule has 2 aliphatic rings. The molecule has 1 saturated carbocycles. The average molecular weight is 333 g/mol. The van der Waals surface area contributed by atoms with Crippen molar-refractivity contribution in [2.24, 2.45) is 11.8 Å². The second-order valence-corrected chi connectivity index (χ2v) is 8.89. The molecule has 0 aliphatic heterocycles. The Morgan fingerprint density at radius 1 is 1.12 bits per heavy atom. The minimum atomic E-state index is 0.503. The van der Waals surface area contributed by atoms with Crippen LogP contribution in [-0.4, -0.2) is 8.35 Å². The van der Waals surface area contributed by atoms with E-state index in [1.54, 1.807) is 17.3 Å². The van der Waals surface area contributed by atoms with Crippen molar-refractivity contribution in [1.82, 2.24) is 0 Å². The van der Waals surface area contributed by atoms with Gasteiger partial charge in [-0.1, -0.05) is 0 Å². The minimum absolute atomic E-state index is 0.503. The number of allylic oxidation sites excluding steroid dienone is 2. The van der Waals surface area contributed by atoms with Gasteiger partial charge in [0.2, 0.25) is 0 Å². The van der Waals surface area contributed by atoms with Gasteiger partial charge in [0.25, 0.3) is 0 Å². The Labute approximate surface area is 112 Å². The van der Waals surface area contributed by atoms with Crippen molar-refractivity contribution in [3.8, 4) is 0 Å². The van der Waals surface area contributed by atoms with Gasteiger partial charge in [-0.15, -0.1) is 0 Å². The molecule has 1 fully saturated rings. The third kappa shape index (κ3) is 3.48. The number of rotatable bonds is 4. The fourth-order valence-corrected chi connectivity index (χ4v) is 7.08. The molecule has 0 aromatic rings. The molecule has 3 atom stereocenters. The first-order valence-corrected chi connectivity index (χ1v) is 9.93. The Balaban J connectivity index is 1.92. The van der Waals surface area contributed by atoms with Gasteiger partial charge in [0.05, 0.1) is 0 Å². The fourth-order valence-electron chi connectivity index (χ4n) is 3.23. The van der Waals surface area contributed by atoms with Gasteiger partial charge in [-0.25, -0.2) is 0 Å². The van der Waals surface area contributed by atoms with E-state index in [1.807, 2.05) is 0 Å². The summed E-state index contributed by atoms with van der Waals surface area (Å²) in [6.45, 7) is 2.36. The van der Waals surface area contributed by atoms with Crippen LogP contribution in [0.3, 0.4) is 0 Å². The van der Waals surface area contributed by atoms with Crippen molar-refractivity contribution < 1.29 is 21.2 Å². The zero-order valence-electron chi connectivity index (χ0n) is 10.6. The van der Waals surface area contributed by atoms with Gasteiger partial charge in [0.15, 0.2) is 0 Å². The molecule has 0 aromatic heterocycles. The van der Waals surface area contributed by atoms with Gasteiger partial charge in [-0.3, -0.25) is 0 Å². The third-order valence-electron chi connectivity index (χ3n) is 4.07. The van der Waals surface area contributed by atoms with Crippen LogP contribution >= 0.6 is 0 Å². The quantitative estimate of drug-likeness (QED) is 0.415. The molecule has 3 unspecified atom stereocenters. The first-order chi connectivity index (χ1) is 7.92. The summed E-state index contributed by atoms with van der Waals surface area (Å²) in [6, 6.07) is 0. The van der Waals surface area contributed by atoms with E-state index in [-0.39, 0.29) is 0 Å². The molecular weight excluding hydrogens is 307 g/mol. The molecule has 16 heavy (non-hydrogen) atoms. The van der Waals surface area contributed by atoms with Crippen LogP contribution in [0.1, 0.15) is 58.3 Å². The normalized spacial score (nSPS) is 35.4. The number of halogens is 1. The molecule has 2 aliphatic carbocycles. The van der Waals surface area contributed by atoms with Crippen molar-refractivity contribution in [2.75, 3.05) is 4.43 Å². The second kappa shape index (κ2) is 7.03. The van der Waals surface area contributed by atoms with Crippen LogP contribution < -0.4 is 21.2 Å². The molecular formula is C15H26I-. The average Bonchev–Trinajstić information content (AvgIpc) is 2.38. The van der Waals surface area contributed by atoms with E-state index in [4.69, 9.17) is 0 Å². The van der Waals surface area contributed by atoms with E-state index in [2.05, 4.69) is 19.1 Å². The van der Waals surface area contributed by atoms with E-state index in [9.17, 15) is 0 Å². The monoisotopic (exact) mass is 333 g/mol. The van der Waals surface area contributed by atoms with Crippen LogP contribution in [0.2, 0.25) is 0 Å². The summed E-state index contributed by atoms with van der Waals surface area (Å²) in [5.41, 5.74) is 0. The number of hydrogen-bond donors (Lipinski definition) is 0. The van der Waals surface area contributed by atoms with Crippen LogP contribution in [0.25, 0.3) is 0 Å². The molecule has 0 bridgehead atoms. The van der Waals surface area contributed by atoms with Crippen molar-refractivity contribution in [2.45, 2.75) is 62.2 Å². The van der Waals surface area contributed by atoms with Crippen molar-refractivity contribution in [3.63, 3.8) is 0 Å². The first kappa shape index (κ1) is 12.9. The first-order valence-electron chi connectivity index (χ1n) is 7.16. The van der Waals surface area contributed by atoms with Gasteiger partial charge in [-0.05, 0) is 0 Å². The van der Waals surface area contributed by atoms with Gasteiger partial charge >= 0.3 is 112 Å². The fraction of sp³-hybridized carbons (Fsp3) is 0.867. The Hall–Kier alpha value is 0.470. The zero-order valence-corrected chi connectivity index (χ0v) is 12.8. The van der Waals surface area contributed by atoms with Gasteiger partial charge in [0, 0.05) is 0 Å². The maximum absolute atomic E-state index is 2.57. The van der Waals surface area contributed by atoms with Crippen molar-refractivity contribution in [3.05, 3.63) is 12.2 Å². The standard InChI is InChI=1S/C15H26I/c1-2-12-16-15-11-7-6-10-14(15)13-8-4-3-5-9-13/h4,8,13-15H,2-3,5-7,9-12H2,1H3/q-1. The van der Waals surface area contributed by atoms with Gasteiger partial charge < -0.3 is 0 Å². The summed E-state index contributed by atoms with van der Waals surface area (Å²) in [4.78, 5) is 0. The molecule has 0 nitrogen and oxygen atoms in total. The molecule has 0 saturated heterocycles. The third-order valence-corrected chi connectivity index (χ3v) is 8.45. The summed E-state index contributed by atoms with van der Waals surface area (Å²) in [5, 5.41) is 0. The summed E-state index contributed by atoms with van der Waals surface area (Å²) >= 11 is 0.503. The molecule has 0 aromatic carbocycles. The van der Waals surface area contributed by atoms with Gasteiger partial charge in [0.1, 0.15) is 0 Å². The molecule has 0 radical (unpaired) electrons. The molecule has 0 heterocycles. The number of alkyl halides is 2. The summed E-state index contributed by atoms with van der Waals surface area (Å²) in [7, 11) is 0.